The minimum atomic E-state index is -3.55. The van der Waals surface area contributed by atoms with E-state index in [9.17, 15) is 13.2 Å². The van der Waals surface area contributed by atoms with E-state index in [0.717, 1.165) is 4.90 Å². The van der Waals surface area contributed by atoms with Crippen LogP contribution in [0.5, 0.6) is 0 Å². The maximum atomic E-state index is 12.6. The molecule has 7 nitrogen and oxygen atoms in total. The van der Waals surface area contributed by atoms with Crippen molar-refractivity contribution in [1.82, 2.24) is 9.88 Å². The summed E-state index contributed by atoms with van der Waals surface area (Å²) in [5.41, 5.74) is 6.27. The topological polar surface area (TPSA) is 114 Å². The molecule has 0 radical (unpaired) electrons. The summed E-state index contributed by atoms with van der Waals surface area (Å²) in [7, 11) is -3.55. The van der Waals surface area contributed by atoms with E-state index in [1.54, 1.807) is 12.1 Å². The van der Waals surface area contributed by atoms with Gasteiger partial charge in [0.1, 0.15) is 0 Å². The molecule has 1 aromatic carbocycles. The van der Waals surface area contributed by atoms with Gasteiger partial charge in [-0.25, -0.2) is 18.2 Å². The van der Waals surface area contributed by atoms with Gasteiger partial charge < -0.3 is 15.7 Å². The minimum absolute atomic E-state index is 0.0144. The second-order valence-electron chi connectivity index (χ2n) is 4.87. The lowest BCUT2D eigenvalue weighted by molar-refractivity contribution is 0.156. The number of rotatable bonds is 2. The van der Waals surface area contributed by atoms with Crippen LogP contribution in [0.3, 0.4) is 0 Å². The van der Waals surface area contributed by atoms with Crippen molar-refractivity contribution in [3.63, 3.8) is 0 Å². The van der Waals surface area contributed by atoms with E-state index in [1.807, 2.05) is 0 Å². The van der Waals surface area contributed by atoms with Gasteiger partial charge in [0.15, 0.2) is 15.0 Å². The van der Waals surface area contributed by atoms with Gasteiger partial charge in [-0.15, -0.1) is 0 Å². The van der Waals surface area contributed by atoms with E-state index in [0.29, 0.717) is 21.8 Å². The van der Waals surface area contributed by atoms with E-state index in [4.69, 9.17) is 10.8 Å². The Morgan fingerprint density at radius 1 is 1.48 bits per heavy atom. The summed E-state index contributed by atoms with van der Waals surface area (Å²) in [5.74, 6) is 0. The fraction of sp³-hybridized carbons (Fsp3) is 0.333. The summed E-state index contributed by atoms with van der Waals surface area (Å²) in [6.07, 6.45) is -0.768. The van der Waals surface area contributed by atoms with Crippen LogP contribution >= 0.6 is 11.3 Å². The summed E-state index contributed by atoms with van der Waals surface area (Å²) in [5, 5.41) is 8.61. The largest absolute Gasteiger partial charge is 0.465 e. The third-order valence-corrected chi connectivity index (χ3v) is 6.58. The predicted octanol–water partition coefficient (Wildman–Crippen LogP) is 1.40. The molecule has 0 saturated carbocycles. The molecule has 1 saturated heterocycles. The molecule has 0 bridgehead atoms. The average molecular weight is 327 g/mol. The molecule has 1 unspecified atom stereocenters. The molecule has 1 aliphatic heterocycles. The molecule has 112 valence electrons. The maximum absolute atomic E-state index is 12.6. The number of carbonyl (C=O) groups is 1. The minimum Gasteiger partial charge on any atom is -0.465 e. The molecule has 3 N–H and O–H groups in total. The van der Waals surface area contributed by atoms with Gasteiger partial charge in [0.05, 0.1) is 20.4 Å². The Morgan fingerprint density at radius 2 is 2.24 bits per heavy atom. The van der Waals surface area contributed by atoms with E-state index < -0.39 is 21.2 Å². The van der Waals surface area contributed by atoms with Crippen LogP contribution in [-0.2, 0) is 9.84 Å². The first-order valence-electron chi connectivity index (χ1n) is 6.26. The van der Waals surface area contributed by atoms with Crippen molar-refractivity contribution in [2.75, 3.05) is 18.8 Å². The van der Waals surface area contributed by atoms with Gasteiger partial charge in [0.25, 0.3) is 0 Å². The van der Waals surface area contributed by atoms with Crippen molar-refractivity contribution in [2.45, 2.75) is 16.6 Å². The maximum Gasteiger partial charge on any atom is 0.407 e. The van der Waals surface area contributed by atoms with Gasteiger partial charge in [-0.1, -0.05) is 11.3 Å². The van der Waals surface area contributed by atoms with Crippen LogP contribution in [0.1, 0.15) is 6.42 Å². The standard InChI is InChI=1S/C12H13N3O4S2/c13-11-14-9-2-1-7(5-10(9)20-11)21(18,19)8-3-4-15(6-8)12(16)17/h1-2,5,8H,3-4,6H2,(H2,13,14)(H,16,17). The Kier molecular flexibility index (Phi) is 3.25. The highest BCUT2D eigenvalue weighted by molar-refractivity contribution is 7.92. The highest BCUT2D eigenvalue weighted by atomic mass is 32.2. The van der Waals surface area contributed by atoms with Gasteiger partial charge in [-0.05, 0) is 24.6 Å². The Hall–Kier alpha value is -1.87. The van der Waals surface area contributed by atoms with Crippen molar-refractivity contribution in [1.29, 1.82) is 0 Å². The molecule has 1 aliphatic rings. The molecule has 0 spiro atoms. The highest BCUT2D eigenvalue weighted by Gasteiger charge is 2.36. The smallest absolute Gasteiger partial charge is 0.407 e. The molecular formula is C12H13N3O4S2. The molecule has 1 atom stereocenters. The van der Waals surface area contributed by atoms with Gasteiger partial charge in [0, 0.05) is 13.1 Å². The number of nitrogens with two attached hydrogens (primary N) is 1. The monoisotopic (exact) mass is 327 g/mol. The summed E-state index contributed by atoms with van der Waals surface area (Å²) in [6.45, 7) is 0.259. The fourth-order valence-electron chi connectivity index (χ4n) is 2.45. The third-order valence-electron chi connectivity index (χ3n) is 3.56. The normalized spacial score (nSPS) is 19.2. The molecule has 1 fully saturated rings. The first kappa shape index (κ1) is 14.1. The van der Waals surface area contributed by atoms with E-state index in [-0.39, 0.29) is 18.0 Å². The predicted molar refractivity (Wildman–Crippen MR) is 79.2 cm³/mol. The number of likely N-dealkylation sites (tertiary alicyclic amines) is 1. The average Bonchev–Trinajstić information content (AvgIpc) is 3.03. The second kappa shape index (κ2) is 4.85. The van der Waals surface area contributed by atoms with Crippen LogP contribution in [-0.4, -0.2) is 47.8 Å². The zero-order chi connectivity index (χ0) is 15.2. The highest BCUT2D eigenvalue weighted by Crippen LogP contribution is 2.29. The quantitative estimate of drug-likeness (QED) is 0.862. The second-order valence-corrected chi connectivity index (χ2v) is 8.16. The molecule has 1 aromatic heterocycles. The molecule has 2 heterocycles. The number of fused-ring (bicyclic) bond motifs is 1. The number of benzene rings is 1. The molecule has 9 heteroatoms. The van der Waals surface area contributed by atoms with E-state index >= 15 is 0 Å². The van der Waals surface area contributed by atoms with Crippen LogP contribution in [0.25, 0.3) is 10.2 Å². The van der Waals surface area contributed by atoms with Crippen molar-refractivity contribution in [3.05, 3.63) is 18.2 Å². The van der Waals surface area contributed by atoms with E-state index in [1.165, 1.54) is 17.4 Å². The SMILES string of the molecule is Nc1nc2ccc(S(=O)(=O)C3CCN(C(=O)O)C3)cc2s1. The zero-order valence-electron chi connectivity index (χ0n) is 10.9. The number of carboxylic acid groups (broad SMARTS) is 1. The Balaban J connectivity index is 1.95. The number of amides is 1. The number of hydrogen-bond acceptors (Lipinski definition) is 6. The summed E-state index contributed by atoms with van der Waals surface area (Å²) in [4.78, 5) is 16.3. The molecule has 2 aromatic rings. The first-order valence-corrected chi connectivity index (χ1v) is 8.62. The third kappa shape index (κ3) is 2.42. The van der Waals surface area contributed by atoms with Crippen molar-refractivity contribution >= 4 is 42.6 Å². The van der Waals surface area contributed by atoms with Crippen LogP contribution in [0, 0.1) is 0 Å². The summed E-state index contributed by atoms with van der Waals surface area (Å²) in [6, 6.07) is 4.68. The van der Waals surface area contributed by atoms with Crippen LogP contribution in [0.2, 0.25) is 0 Å². The van der Waals surface area contributed by atoms with Crippen LogP contribution in [0.15, 0.2) is 23.1 Å². The molecule has 0 aliphatic carbocycles. The fourth-order valence-corrected chi connectivity index (χ4v) is 5.01. The Labute approximate surface area is 124 Å². The van der Waals surface area contributed by atoms with Crippen LogP contribution < -0.4 is 5.73 Å². The first-order chi connectivity index (χ1) is 9.88. The van der Waals surface area contributed by atoms with Crippen molar-refractivity contribution < 1.29 is 18.3 Å². The number of thiazole rings is 1. The number of anilines is 1. The number of sulfone groups is 1. The van der Waals surface area contributed by atoms with E-state index in [2.05, 4.69) is 4.98 Å². The molecule has 1 amide bonds. The lowest BCUT2D eigenvalue weighted by Gasteiger charge is -2.13. The van der Waals surface area contributed by atoms with Gasteiger partial charge in [0.2, 0.25) is 0 Å². The summed E-state index contributed by atoms with van der Waals surface area (Å²) < 4.78 is 25.9. The van der Waals surface area contributed by atoms with Gasteiger partial charge in [-0.3, -0.25) is 0 Å². The van der Waals surface area contributed by atoms with Crippen molar-refractivity contribution in [2.24, 2.45) is 0 Å². The number of hydrogen-bond donors (Lipinski definition) is 2. The Bertz CT molecular complexity index is 815. The summed E-state index contributed by atoms with van der Waals surface area (Å²) >= 11 is 1.23. The molecule has 21 heavy (non-hydrogen) atoms. The van der Waals surface area contributed by atoms with Crippen molar-refractivity contribution in [3.8, 4) is 0 Å². The van der Waals surface area contributed by atoms with Crippen LogP contribution in [0.4, 0.5) is 9.93 Å². The lowest BCUT2D eigenvalue weighted by Crippen LogP contribution is -2.30. The zero-order valence-corrected chi connectivity index (χ0v) is 12.5. The number of nitrogens with zero attached hydrogens (tertiary/aromatic N) is 2. The molecular weight excluding hydrogens is 314 g/mol. The number of nitrogen functional groups attached to an aromatic ring is 1. The van der Waals surface area contributed by atoms with Gasteiger partial charge in [-0.2, -0.15) is 0 Å². The molecule has 3 rings (SSSR count). The van der Waals surface area contributed by atoms with Gasteiger partial charge >= 0.3 is 6.09 Å². The Morgan fingerprint density at radius 3 is 2.90 bits per heavy atom. The lowest BCUT2D eigenvalue weighted by atomic mass is 10.3. The number of aromatic nitrogens is 1.